The zero-order valence-electron chi connectivity index (χ0n) is 9.19. The predicted molar refractivity (Wildman–Crippen MR) is 46.8 cm³/mol. The Balaban J connectivity index is 3.20. The van der Waals surface area contributed by atoms with Crippen molar-refractivity contribution in [3.8, 4) is 0 Å². The third kappa shape index (κ3) is 2.43. The van der Waals surface area contributed by atoms with Crippen molar-refractivity contribution < 1.29 is 45.3 Å². The van der Waals surface area contributed by atoms with E-state index in [9.17, 15) is 30.7 Å². The number of halogens is 7. The largest absolute Gasteiger partial charge is 0.449 e. The van der Waals surface area contributed by atoms with Crippen LogP contribution in [0.15, 0.2) is 12.7 Å². The lowest BCUT2D eigenvalue weighted by atomic mass is 9.94. The molecule has 0 radical (unpaired) electrons. The Bertz CT molecular complexity index is 354. The Hall–Kier alpha value is -0.870. The fraction of sp³-hybridized carbons (Fsp3) is 0.778. The molecule has 1 aliphatic heterocycles. The molecule has 0 saturated carbocycles. The van der Waals surface area contributed by atoms with Gasteiger partial charge in [0.15, 0.2) is 6.10 Å². The van der Waals surface area contributed by atoms with Crippen LogP contribution >= 0.6 is 0 Å². The molecular formula is C9H9F7O3. The van der Waals surface area contributed by atoms with Gasteiger partial charge in [0, 0.05) is 0 Å². The molecule has 0 bridgehead atoms. The topological polar surface area (TPSA) is 38.7 Å². The molecule has 0 aromatic carbocycles. The van der Waals surface area contributed by atoms with Gasteiger partial charge in [-0.25, -0.2) is 8.78 Å². The van der Waals surface area contributed by atoms with Crippen LogP contribution in [-0.2, 0) is 9.47 Å². The minimum Gasteiger partial charge on any atom is -0.361 e. The van der Waals surface area contributed by atoms with Gasteiger partial charge in [-0.05, 0) is 0 Å². The van der Waals surface area contributed by atoms with Crippen molar-refractivity contribution >= 4 is 0 Å². The van der Waals surface area contributed by atoms with E-state index in [0.717, 1.165) is 6.08 Å². The summed E-state index contributed by atoms with van der Waals surface area (Å²) in [4.78, 5) is 0. The van der Waals surface area contributed by atoms with Crippen molar-refractivity contribution in [1.82, 2.24) is 0 Å². The van der Waals surface area contributed by atoms with Gasteiger partial charge in [-0.15, -0.1) is 6.58 Å². The molecule has 1 saturated heterocycles. The van der Waals surface area contributed by atoms with Crippen LogP contribution in [0.4, 0.5) is 30.7 Å². The van der Waals surface area contributed by atoms with Crippen LogP contribution in [0.3, 0.4) is 0 Å². The zero-order valence-corrected chi connectivity index (χ0v) is 9.19. The second-order valence-corrected chi connectivity index (χ2v) is 3.82. The number of alkyl halides is 7. The van der Waals surface area contributed by atoms with Crippen molar-refractivity contribution in [3.05, 3.63) is 12.7 Å². The summed E-state index contributed by atoms with van der Waals surface area (Å²) in [7, 11) is 0. The summed E-state index contributed by atoms with van der Waals surface area (Å²) in [5.41, 5.74) is 0. The SMILES string of the molecule is C=CCOC1C(F)(F)COC(O)(C(F)(F)F)C1(F)F. The molecule has 0 spiro atoms. The molecule has 1 heterocycles. The molecule has 2 atom stereocenters. The van der Waals surface area contributed by atoms with Crippen molar-refractivity contribution in [2.24, 2.45) is 0 Å². The summed E-state index contributed by atoms with van der Waals surface area (Å²) in [6, 6.07) is 0. The average Bonchev–Trinajstić information content (AvgIpc) is 2.22. The van der Waals surface area contributed by atoms with E-state index < -0.39 is 43.1 Å². The second-order valence-electron chi connectivity index (χ2n) is 3.82. The molecule has 112 valence electrons. The summed E-state index contributed by atoms with van der Waals surface area (Å²) in [5.74, 6) is -14.8. The number of aliphatic hydroxyl groups is 1. The van der Waals surface area contributed by atoms with Gasteiger partial charge in [-0.3, -0.25) is 0 Å². The van der Waals surface area contributed by atoms with E-state index in [1.54, 1.807) is 0 Å². The molecule has 2 unspecified atom stereocenters. The maximum absolute atomic E-state index is 13.5. The predicted octanol–water partition coefficient (Wildman–Crippen LogP) is 2.11. The Morgan fingerprint density at radius 3 is 2.26 bits per heavy atom. The molecular weight excluding hydrogens is 289 g/mol. The minimum absolute atomic E-state index is 0.800. The molecule has 0 aliphatic carbocycles. The van der Waals surface area contributed by atoms with Gasteiger partial charge < -0.3 is 14.6 Å². The number of hydrogen-bond acceptors (Lipinski definition) is 3. The lowest BCUT2D eigenvalue weighted by Crippen LogP contribution is -2.73. The first-order valence-corrected chi connectivity index (χ1v) is 4.81. The van der Waals surface area contributed by atoms with E-state index in [0.29, 0.717) is 0 Å². The molecule has 1 aliphatic rings. The van der Waals surface area contributed by atoms with Crippen molar-refractivity contribution in [2.75, 3.05) is 13.2 Å². The molecule has 0 amide bonds. The van der Waals surface area contributed by atoms with Gasteiger partial charge in [0.05, 0.1) is 6.61 Å². The molecule has 19 heavy (non-hydrogen) atoms. The first kappa shape index (κ1) is 16.2. The smallest absolute Gasteiger partial charge is 0.361 e. The first-order chi connectivity index (χ1) is 8.40. The molecule has 0 aromatic rings. The minimum atomic E-state index is -5.97. The van der Waals surface area contributed by atoms with Crippen molar-refractivity contribution in [2.45, 2.75) is 29.9 Å². The van der Waals surface area contributed by atoms with Crippen LogP contribution in [-0.4, -0.2) is 48.2 Å². The summed E-state index contributed by atoms with van der Waals surface area (Å²) < 4.78 is 97.8. The number of rotatable bonds is 3. The van der Waals surface area contributed by atoms with Crippen LogP contribution in [0.5, 0.6) is 0 Å². The van der Waals surface area contributed by atoms with Gasteiger partial charge in [-0.2, -0.15) is 22.0 Å². The second kappa shape index (κ2) is 4.60. The summed E-state index contributed by atoms with van der Waals surface area (Å²) in [6.45, 7) is 0.0963. The van der Waals surface area contributed by atoms with Crippen LogP contribution in [0, 0.1) is 0 Å². The molecule has 10 heteroatoms. The quantitative estimate of drug-likeness (QED) is 0.640. The van der Waals surface area contributed by atoms with Crippen LogP contribution in [0.25, 0.3) is 0 Å². The van der Waals surface area contributed by atoms with Crippen LogP contribution < -0.4 is 0 Å². The lowest BCUT2D eigenvalue weighted by molar-refractivity contribution is -0.482. The highest BCUT2D eigenvalue weighted by Crippen LogP contribution is 2.52. The highest BCUT2D eigenvalue weighted by Gasteiger charge is 2.80. The van der Waals surface area contributed by atoms with Gasteiger partial charge in [0.1, 0.15) is 6.61 Å². The molecule has 1 N–H and O–H groups in total. The zero-order chi connectivity index (χ0) is 15.1. The van der Waals surface area contributed by atoms with E-state index in [4.69, 9.17) is 5.11 Å². The monoisotopic (exact) mass is 298 g/mol. The van der Waals surface area contributed by atoms with E-state index in [1.165, 1.54) is 0 Å². The maximum atomic E-state index is 13.5. The molecule has 0 aromatic heterocycles. The third-order valence-electron chi connectivity index (χ3n) is 2.40. The summed E-state index contributed by atoms with van der Waals surface area (Å²) >= 11 is 0. The normalized spacial score (nSPS) is 34.0. The van der Waals surface area contributed by atoms with E-state index in [1.807, 2.05) is 0 Å². The standard InChI is InChI=1S/C9H9F7O3/c1-2-3-18-5-6(10,11)4-19-8(17,7(5,12)13)9(14,15)16/h2,5,17H,1,3-4H2. The molecule has 1 rings (SSSR count). The van der Waals surface area contributed by atoms with Crippen LogP contribution in [0.2, 0.25) is 0 Å². The average molecular weight is 298 g/mol. The lowest BCUT2D eigenvalue weighted by Gasteiger charge is -2.46. The highest BCUT2D eigenvalue weighted by molar-refractivity contribution is 5.06. The maximum Gasteiger partial charge on any atom is 0.449 e. The van der Waals surface area contributed by atoms with E-state index in [-0.39, 0.29) is 0 Å². The van der Waals surface area contributed by atoms with E-state index >= 15 is 0 Å². The fourth-order valence-corrected chi connectivity index (χ4v) is 1.48. The van der Waals surface area contributed by atoms with Gasteiger partial charge in [-0.1, -0.05) is 6.08 Å². The Morgan fingerprint density at radius 1 is 1.32 bits per heavy atom. The fourth-order valence-electron chi connectivity index (χ4n) is 1.48. The van der Waals surface area contributed by atoms with Crippen molar-refractivity contribution in [1.29, 1.82) is 0 Å². The highest BCUT2D eigenvalue weighted by atomic mass is 19.4. The van der Waals surface area contributed by atoms with Gasteiger partial charge in [0.2, 0.25) is 0 Å². The van der Waals surface area contributed by atoms with Gasteiger partial charge in [0.25, 0.3) is 0 Å². The summed E-state index contributed by atoms with van der Waals surface area (Å²) in [6.07, 6.45) is -8.66. The molecule has 3 nitrogen and oxygen atoms in total. The van der Waals surface area contributed by atoms with Gasteiger partial charge >= 0.3 is 23.8 Å². The Morgan fingerprint density at radius 2 is 1.84 bits per heavy atom. The number of ether oxygens (including phenoxy) is 2. The number of hydrogen-bond donors (Lipinski definition) is 1. The van der Waals surface area contributed by atoms with Crippen molar-refractivity contribution in [3.63, 3.8) is 0 Å². The molecule has 1 fully saturated rings. The van der Waals surface area contributed by atoms with Crippen LogP contribution in [0.1, 0.15) is 0 Å². The Kier molecular flexibility index (Phi) is 3.92. The summed E-state index contributed by atoms with van der Waals surface area (Å²) in [5, 5.41) is 8.90. The van der Waals surface area contributed by atoms with E-state index in [2.05, 4.69) is 16.1 Å². The third-order valence-corrected chi connectivity index (χ3v) is 2.40. The first-order valence-electron chi connectivity index (χ1n) is 4.81. The Labute approximate surface area is 102 Å².